The number of amides is 1. The van der Waals surface area contributed by atoms with E-state index in [9.17, 15) is 4.79 Å². The number of hydrogen-bond acceptors (Lipinski definition) is 3. The summed E-state index contributed by atoms with van der Waals surface area (Å²) in [5.74, 6) is -0.196. The van der Waals surface area contributed by atoms with Crippen molar-refractivity contribution in [2.75, 3.05) is 13.7 Å². The Balaban J connectivity index is 2.65. The minimum Gasteiger partial charge on any atom is -0.382 e. The molecular weight excluding hydrogens is 216 g/mol. The summed E-state index contributed by atoms with van der Waals surface area (Å²) in [6.45, 7) is 4.23. The second-order valence-corrected chi connectivity index (χ2v) is 4.69. The molecule has 0 bridgehead atoms. The fraction of sp³-hybridized carbons (Fsp3) is 0.462. The fourth-order valence-corrected chi connectivity index (χ4v) is 1.62. The Kier molecular flexibility index (Phi) is 4.66. The molecule has 3 N–H and O–H groups in total. The molecule has 0 aromatic heterocycles. The first-order chi connectivity index (χ1) is 7.96. The zero-order valence-corrected chi connectivity index (χ0v) is 10.6. The summed E-state index contributed by atoms with van der Waals surface area (Å²) in [4.78, 5) is 11.9. The third-order valence-electron chi connectivity index (χ3n) is 2.41. The van der Waals surface area contributed by atoms with Gasteiger partial charge in [0.15, 0.2) is 0 Å². The number of carbonyl (C=O) groups is 1. The number of rotatable bonds is 5. The van der Waals surface area contributed by atoms with Crippen LogP contribution in [-0.4, -0.2) is 25.2 Å². The van der Waals surface area contributed by atoms with Crippen molar-refractivity contribution >= 4 is 5.91 Å². The number of methoxy groups -OCH3 is 1. The molecular formula is C13H20N2O2. The molecule has 1 rings (SSSR count). The van der Waals surface area contributed by atoms with Gasteiger partial charge in [-0.2, -0.15) is 0 Å². The number of carbonyl (C=O) groups excluding carboxylic acids is 1. The van der Waals surface area contributed by atoms with E-state index in [1.54, 1.807) is 7.11 Å². The highest BCUT2D eigenvalue weighted by atomic mass is 16.5. The molecule has 17 heavy (non-hydrogen) atoms. The van der Waals surface area contributed by atoms with Gasteiger partial charge in [0.1, 0.15) is 6.04 Å². The Morgan fingerprint density at radius 2 is 2.00 bits per heavy atom. The molecule has 4 nitrogen and oxygen atoms in total. The van der Waals surface area contributed by atoms with Gasteiger partial charge in [0, 0.05) is 7.11 Å². The van der Waals surface area contributed by atoms with E-state index in [4.69, 9.17) is 10.5 Å². The van der Waals surface area contributed by atoms with Crippen molar-refractivity contribution in [3.8, 4) is 0 Å². The SMILES string of the molecule is COCC(C)(C)NC(=O)[C@H](N)c1ccccc1. The maximum Gasteiger partial charge on any atom is 0.242 e. The van der Waals surface area contributed by atoms with Crippen LogP contribution in [0.2, 0.25) is 0 Å². The Labute approximate surface area is 102 Å². The topological polar surface area (TPSA) is 64.3 Å². The molecule has 1 atom stereocenters. The molecule has 94 valence electrons. The highest BCUT2D eigenvalue weighted by molar-refractivity contribution is 5.83. The predicted octanol–water partition coefficient (Wildman–Crippen LogP) is 1.23. The van der Waals surface area contributed by atoms with Crippen LogP contribution >= 0.6 is 0 Å². The van der Waals surface area contributed by atoms with E-state index in [0.717, 1.165) is 5.56 Å². The molecule has 4 heteroatoms. The molecule has 0 fully saturated rings. The standard InChI is InChI=1S/C13H20N2O2/c1-13(2,9-17-3)15-12(16)11(14)10-7-5-4-6-8-10/h4-8,11H,9,14H2,1-3H3,(H,15,16)/t11-/m1/s1. The van der Waals surface area contributed by atoms with Crippen molar-refractivity contribution in [3.63, 3.8) is 0 Å². The fourth-order valence-electron chi connectivity index (χ4n) is 1.62. The van der Waals surface area contributed by atoms with Gasteiger partial charge in [-0.25, -0.2) is 0 Å². The van der Waals surface area contributed by atoms with Crippen molar-refractivity contribution < 1.29 is 9.53 Å². The first-order valence-corrected chi connectivity index (χ1v) is 5.58. The molecule has 0 heterocycles. The molecule has 0 radical (unpaired) electrons. The molecule has 0 saturated carbocycles. The lowest BCUT2D eigenvalue weighted by molar-refractivity contribution is -0.124. The highest BCUT2D eigenvalue weighted by Crippen LogP contribution is 2.11. The van der Waals surface area contributed by atoms with Crippen LogP contribution in [0.25, 0.3) is 0 Å². The van der Waals surface area contributed by atoms with Crippen LogP contribution in [-0.2, 0) is 9.53 Å². The maximum absolute atomic E-state index is 11.9. The smallest absolute Gasteiger partial charge is 0.242 e. The van der Waals surface area contributed by atoms with Gasteiger partial charge < -0.3 is 15.8 Å². The van der Waals surface area contributed by atoms with Crippen LogP contribution in [0.5, 0.6) is 0 Å². The summed E-state index contributed by atoms with van der Waals surface area (Å²) in [6, 6.07) is 8.66. The van der Waals surface area contributed by atoms with E-state index in [2.05, 4.69) is 5.32 Å². The summed E-state index contributed by atoms with van der Waals surface area (Å²) < 4.78 is 5.04. The predicted molar refractivity (Wildman–Crippen MR) is 67.5 cm³/mol. The van der Waals surface area contributed by atoms with Gasteiger partial charge >= 0.3 is 0 Å². The van der Waals surface area contributed by atoms with Gasteiger partial charge in [-0.05, 0) is 19.4 Å². The van der Waals surface area contributed by atoms with Gasteiger partial charge in [0.2, 0.25) is 5.91 Å². The Hall–Kier alpha value is -1.39. The second-order valence-electron chi connectivity index (χ2n) is 4.69. The monoisotopic (exact) mass is 236 g/mol. The Bertz CT molecular complexity index is 363. The molecule has 0 aliphatic heterocycles. The quantitative estimate of drug-likeness (QED) is 0.808. The van der Waals surface area contributed by atoms with Crippen LogP contribution in [0.3, 0.4) is 0 Å². The number of benzene rings is 1. The van der Waals surface area contributed by atoms with Crippen LogP contribution in [0.15, 0.2) is 30.3 Å². The van der Waals surface area contributed by atoms with E-state index in [1.165, 1.54) is 0 Å². The molecule has 0 aliphatic carbocycles. The first kappa shape index (κ1) is 13.7. The van der Waals surface area contributed by atoms with Crippen molar-refractivity contribution in [2.24, 2.45) is 5.73 Å². The summed E-state index contributed by atoms with van der Waals surface area (Å²) in [6.07, 6.45) is 0. The minimum atomic E-state index is -0.646. The normalized spacial score (nSPS) is 13.2. The summed E-state index contributed by atoms with van der Waals surface area (Å²) in [7, 11) is 1.60. The van der Waals surface area contributed by atoms with Gasteiger partial charge in [-0.1, -0.05) is 30.3 Å². The van der Waals surface area contributed by atoms with Gasteiger partial charge in [-0.15, -0.1) is 0 Å². The Morgan fingerprint density at radius 1 is 1.41 bits per heavy atom. The average molecular weight is 236 g/mol. The van der Waals surface area contributed by atoms with Crippen molar-refractivity contribution in [1.82, 2.24) is 5.32 Å². The molecule has 0 spiro atoms. The van der Waals surface area contributed by atoms with E-state index in [1.807, 2.05) is 44.2 Å². The minimum absolute atomic E-state index is 0.196. The lowest BCUT2D eigenvalue weighted by Crippen LogP contribution is -2.49. The van der Waals surface area contributed by atoms with Crippen LogP contribution in [0.4, 0.5) is 0 Å². The largest absolute Gasteiger partial charge is 0.382 e. The molecule has 0 saturated heterocycles. The molecule has 0 unspecified atom stereocenters. The summed E-state index contributed by atoms with van der Waals surface area (Å²) in [5.41, 5.74) is 6.27. The van der Waals surface area contributed by atoms with Crippen LogP contribution in [0.1, 0.15) is 25.5 Å². The number of nitrogens with one attached hydrogen (secondary N) is 1. The molecule has 1 amide bonds. The lowest BCUT2D eigenvalue weighted by Gasteiger charge is -2.27. The van der Waals surface area contributed by atoms with Gasteiger partial charge in [0.25, 0.3) is 0 Å². The number of nitrogens with two attached hydrogens (primary N) is 1. The van der Waals surface area contributed by atoms with E-state index >= 15 is 0 Å². The third kappa shape index (κ3) is 4.17. The summed E-state index contributed by atoms with van der Waals surface area (Å²) >= 11 is 0. The summed E-state index contributed by atoms with van der Waals surface area (Å²) in [5, 5.41) is 2.87. The van der Waals surface area contributed by atoms with Gasteiger partial charge in [0.05, 0.1) is 12.1 Å². The zero-order chi connectivity index (χ0) is 12.9. The third-order valence-corrected chi connectivity index (χ3v) is 2.41. The second kappa shape index (κ2) is 5.80. The van der Waals surface area contributed by atoms with E-state index in [0.29, 0.717) is 6.61 Å². The van der Waals surface area contributed by atoms with Gasteiger partial charge in [-0.3, -0.25) is 4.79 Å². The lowest BCUT2D eigenvalue weighted by atomic mass is 10.0. The van der Waals surface area contributed by atoms with Crippen molar-refractivity contribution in [1.29, 1.82) is 0 Å². The zero-order valence-electron chi connectivity index (χ0n) is 10.6. The number of ether oxygens (including phenoxy) is 1. The average Bonchev–Trinajstić information content (AvgIpc) is 2.28. The van der Waals surface area contributed by atoms with Crippen molar-refractivity contribution in [3.05, 3.63) is 35.9 Å². The van der Waals surface area contributed by atoms with E-state index < -0.39 is 11.6 Å². The highest BCUT2D eigenvalue weighted by Gasteiger charge is 2.24. The number of hydrogen-bond donors (Lipinski definition) is 2. The Morgan fingerprint density at radius 3 is 2.53 bits per heavy atom. The first-order valence-electron chi connectivity index (χ1n) is 5.58. The molecule has 1 aromatic carbocycles. The van der Waals surface area contributed by atoms with Crippen molar-refractivity contribution in [2.45, 2.75) is 25.4 Å². The molecule has 1 aromatic rings. The maximum atomic E-state index is 11.9. The van der Waals surface area contributed by atoms with Crippen LogP contribution < -0.4 is 11.1 Å². The van der Waals surface area contributed by atoms with E-state index in [-0.39, 0.29) is 5.91 Å². The molecule has 0 aliphatic rings. The van der Waals surface area contributed by atoms with Crippen LogP contribution in [0, 0.1) is 0 Å².